The van der Waals surface area contributed by atoms with Crippen LogP contribution in [0.25, 0.3) is 11.4 Å². The first-order chi connectivity index (χ1) is 16.5. The molecule has 34 heavy (non-hydrogen) atoms. The average Bonchev–Trinajstić information content (AvgIpc) is 3.20. The zero-order chi connectivity index (χ0) is 24.1. The molecule has 4 aromatic rings. The number of H-pyrrole nitrogens is 1. The molecule has 2 aromatic carbocycles. The van der Waals surface area contributed by atoms with Crippen molar-refractivity contribution in [2.45, 2.75) is 20.1 Å². The summed E-state index contributed by atoms with van der Waals surface area (Å²) in [5.41, 5.74) is 5.60. The van der Waals surface area contributed by atoms with E-state index in [2.05, 4.69) is 20.6 Å². The van der Waals surface area contributed by atoms with Gasteiger partial charge in [-0.05, 0) is 55.0 Å². The topological polar surface area (TPSA) is 77.0 Å². The summed E-state index contributed by atoms with van der Waals surface area (Å²) in [5.74, 6) is 1.67. The van der Waals surface area contributed by atoms with Crippen LogP contribution in [0.4, 0.5) is 0 Å². The number of halogens is 3. The number of benzene rings is 2. The molecule has 0 unspecified atom stereocenters. The molecule has 0 saturated heterocycles. The minimum absolute atomic E-state index is 0.173. The predicted molar refractivity (Wildman–Crippen MR) is 137 cm³/mol. The maximum atomic E-state index is 6.59. The van der Waals surface area contributed by atoms with E-state index < -0.39 is 0 Å². The fraction of sp³-hybridized carbons (Fsp3) is 0.174. The number of nitrogens with zero attached hydrogens (tertiary/aromatic N) is 3. The molecule has 0 bridgehead atoms. The number of ether oxygens (including phenoxy) is 2. The van der Waals surface area contributed by atoms with Gasteiger partial charge in [0.15, 0.2) is 17.3 Å². The van der Waals surface area contributed by atoms with Gasteiger partial charge in [0, 0.05) is 44.7 Å². The Hall–Kier alpha value is -2.78. The van der Waals surface area contributed by atoms with E-state index in [-0.39, 0.29) is 6.61 Å². The van der Waals surface area contributed by atoms with Crippen LogP contribution in [-0.2, 0) is 13.2 Å². The van der Waals surface area contributed by atoms with Crippen molar-refractivity contribution in [3.63, 3.8) is 0 Å². The highest BCUT2D eigenvalue weighted by Gasteiger charge is 2.15. The van der Waals surface area contributed by atoms with Gasteiger partial charge < -0.3 is 14.9 Å². The van der Waals surface area contributed by atoms with Crippen molar-refractivity contribution in [3.8, 4) is 22.9 Å². The molecule has 0 aliphatic carbocycles. The SMILES string of the molecule is CCOc1cc(CNn2c(-c3ccncc3)n[nH]c2=S)c(Cl)cc1OCc1c(Cl)cccc1Cl. The second kappa shape index (κ2) is 11.1. The monoisotopic (exact) mass is 535 g/mol. The molecule has 0 aliphatic rings. The molecule has 0 aliphatic heterocycles. The summed E-state index contributed by atoms with van der Waals surface area (Å²) < 4.78 is 13.9. The Morgan fingerprint density at radius 3 is 2.41 bits per heavy atom. The van der Waals surface area contributed by atoms with Crippen LogP contribution in [-0.4, -0.2) is 26.5 Å². The third kappa shape index (κ3) is 5.47. The van der Waals surface area contributed by atoms with Gasteiger partial charge in [-0.1, -0.05) is 40.9 Å². The zero-order valence-corrected chi connectivity index (χ0v) is 21.1. The summed E-state index contributed by atoms with van der Waals surface area (Å²) in [6, 6.07) is 12.5. The lowest BCUT2D eigenvalue weighted by Crippen LogP contribution is -2.16. The highest BCUT2D eigenvalue weighted by molar-refractivity contribution is 7.71. The van der Waals surface area contributed by atoms with Crippen molar-refractivity contribution < 1.29 is 9.47 Å². The Morgan fingerprint density at radius 2 is 1.71 bits per heavy atom. The fourth-order valence-electron chi connectivity index (χ4n) is 3.22. The molecule has 2 N–H and O–H groups in total. The Morgan fingerprint density at radius 1 is 1.00 bits per heavy atom. The number of hydrogen-bond donors (Lipinski definition) is 2. The molecule has 7 nitrogen and oxygen atoms in total. The van der Waals surface area contributed by atoms with Crippen molar-refractivity contribution >= 4 is 47.0 Å². The minimum Gasteiger partial charge on any atom is -0.490 e. The highest BCUT2D eigenvalue weighted by atomic mass is 35.5. The molecular formula is C23H20Cl3N5O2S. The smallest absolute Gasteiger partial charge is 0.214 e. The number of nitrogens with one attached hydrogen (secondary N) is 2. The quantitative estimate of drug-likeness (QED) is 0.232. The number of pyridine rings is 1. The van der Waals surface area contributed by atoms with E-state index in [1.807, 2.05) is 25.1 Å². The van der Waals surface area contributed by atoms with Gasteiger partial charge in [0.1, 0.15) is 6.61 Å². The van der Waals surface area contributed by atoms with E-state index in [9.17, 15) is 0 Å². The minimum atomic E-state index is 0.173. The predicted octanol–water partition coefficient (Wildman–Crippen LogP) is 6.68. The number of aromatic nitrogens is 4. The number of hydrogen-bond acceptors (Lipinski definition) is 6. The van der Waals surface area contributed by atoms with E-state index >= 15 is 0 Å². The maximum Gasteiger partial charge on any atom is 0.214 e. The maximum absolute atomic E-state index is 6.59. The third-order valence-corrected chi connectivity index (χ3v) is 6.22. The van der Waals surface area contributed by atoms with Gasteiger partial charge in [0.05, 0.1) is 13.2 Å². The van der Waals surface area contributed by atoms with Gasteiger partial charge in [-0.15, -0.1) is 0 Å². The van der Waals surface area contributed by atoms with Crippen LogP contribution in [0.2, 0.25) is 15.1 Å². The Kier molecular flexibility index (Phi) is 7.95. The molecule has 0 fully saturated rings. The van der Waals surface area contributed by atoms with Crippen LogP contribution in [0.3, 0.4) is 0 Å². The molecule has 4 rings (SSSR count). The van der Waals surface area contributed by atoms with Gasteiger partial charge in [-0.25, -0.2) is 9.77 Å². The van der Waals surface area contributed by atoms with E-state index in [1.165, 1.54) is 0 Å². The average molecular weight is 537 g/mol. The van der Waals surface area contributed by atoms with Crippen molar-refractivity contribution in [2.75, 3.05) is 12.0 Å². The molecule has 0 amide bonds. The van der Waals surface area contributed by atoms with Crippen molar-refractivity contribution in [1.29, 1.82) is 0 Å². The number of rotatable bonds is 9. The van der Waals surface area contributed by atoms with E-state index in [4.69, 9.17) is 56.5 Å². The lowest BCUT2D eigenvalue weighted by atomic mass is 10.2. The van der Waals surface area contributed by atoms with E-state index in [0.717, 1.165) is 11.1 Å². The summed E-state index contributed by atoms with van der Waals surface area (Å²) in [6.45, 7) is 2.89. The second-order valence-corrected chi connectivity index (χ2v) is 8.68. The van der Waals surface area contributed by atoms with Crippen LogP contribution >= 0.6 is 47.0 Å². The molecule has 11 heteroatoms. The fourth-order valence-corrected chi connectivity index (χ4v) is 4.14. The van der Waals surface area contributed by atoms with Crippen LogP contribution in [0.1, 0.15) is 18.1 Å². The lowest BCUT2D eigenvalue weighted by molar-refractivity contribution is 0.269. The van der Waals surface area contributed by atoms with Crippen LogP contribution < -0.4 is 14.9 Å². The largest absolute Gasteiger partial charge is 0.490 e. The van der Waals surface area contributed by atoms with Gasteiger partial charge in [0.25, 0.3) is 0 Å². The summed E-state index contributed by atoms with van der Waals surface area (Å²) in [5, 5.41) is 8.66. The normalized spacial score (nSPS) is 10.8. The summed E-state index contributed by atoms with van der Waals surface area (Å²) in [6.07, 6.45) is 3.38. The molecule has 0 radical (unpaired) electrons. The zero-order valence-electron chi connectivity index (χ0n) is 18.0. The van der Waals surface area contributed by atoms with Crippen LogP contribution in [0.15, 0.2) is 54.9 Å². The van der Waals surface area contributed by atoms with Crippen molar-refractivity contribution in [2.24, 2.45) is 0 Å². The van der Waals surface area contributed by atoms with Gasteiger partial charge in [-0.2, -0.15) is 5.10 Å². The van der Waals surface area contributed by atoms with Gasteiger partial charge in [0.2, 0.25) is 4.77 Å². The summed E-state index contributed by atoms with van der Waals surface area (Å²) >= 11 is 24.5. The number of aromatic amines is 1. The first-order valence-electron chi connectivity index (χ1n) is 10.3. The third-order valence-electron chi connectivity index (χ3n) is 4.88. The van der Waals surface area contributed by atoms with Gasteiger partial charge in [-0.3, -0.25) is 4.98 Å². The lowest BCUT2D eigenvalue weighted by Gasteiger charge is -2.17. The molecule has 0 saturated carbocycles. The molecule has 0 atom stereocenters. The first-order valence-corrected chi connectivity index (χ1v) is 11.8. The Bertz CT molecular complexity index is 1320. The Labute approximate surface area is 216 Å². The van der Waals surface area contributed by atoms with Crippen LogP contribution in [0, 0.1) is 4.77 Å². The highest BCUT2D eigenvalue weighted by Crippen LogP contribution is 2.35. The molecule has 2 aromatic heterocycles. The molecule has 2 heterocycles. The summed E-state index contributed by atoms with van der Waals surface area (Å²) in [7, 11) is 0. The molecular weight excluding hydrogens is 517 g/mol. The second-order valence-electron chi connectivity index (χ2n) is 7.07. The standard InChI is InChI=1S/C23H20Cl3N5O2S/c1-2-32-20-10-15(12-28-31-22(29-30-23(31)34)14-6-8-27-9-7-14)19(26)11-21(20)33-13-16-17(24)4-3-5-18(16)25/h3-11,28H,2,12-13H2,1H3,(H,30,34). The first kappa shape index (κ1) is 24.3. The molecule has 0 spiro atoms. The van der Waals surface area contributed by atoms with E-state index in [1.54, 1.807) is 41.3 Å². The molecule has 176 valence electrons. The summed E-state index contributed by atoms with van der Waals surface area (Å²) in [4.78, 5) is 4.04. The van der Waals surface area contributed by atoms with E-state index in [0.29, 0.717) is 55.9 Å². The van der Waals surface area contributed by atoms with Crippen molar-refractivity contribution in [1.82, 2.24) is 19.9 Å². The Balaban J connectivity index is 1.56. The van der Waals surface area contributed by atoms with Crippen molar-refractivity contribution in [3.05, 3.63) is 85.8 Å². The van der Waals surface area contributed by atoms with Crippen LogP contribution in [0.5, 0.6) is 11.5 Å². The van der Waals surface area contributed by atoms with Gasteiger partial charge >= 0.3 is 0 Å².